The van der Waals surface area contributed by atoms with Crippen LogP contribution in [0.2, 0.25) is 0 Å². The number of thiophene rings is 1. The normalized spacial score (nSPS) is 17.5. The Balaban J connectivity index is 1.47. The van der Waals surface area contributed by atoms with E-state index in [1.54, 1.807) is 11.3 Å². The number of nitrogens with zero attached hydrogens (tertiary/aromatic N) is 1. The molecule has 1 aliphatic heterocycles. The summed E-state index contributed by atoms with van der Waals surface area (Å²) >= 11 is 1.66. The van der Waals surface area contributed by atoms with Crippen LogP contribution in [0.1, 0.15) is 17.7 Å². The van der Waals surface area contributed by atoms with Gasteiger partial charge in [0.15, 0.2) is 0 Å². The predicted octanol–water partition coefficient (Wildman–Crippen LogP) is 3.22. The van der Waals surface area contributed by atoms with Gasteiger partial charge in [-0.1, -0.05) is 24.3 Å². The van der Waals surface area contributed by atoms with Crippen molar-refractivity contribution in [2.24, 2.45) is 0 Å². The highest BCUT2D eigenvalue weighted by Crippen LogP contribution is 2.24. The fraction of sp³-hybridized carbons (Fsp3) is 0.353. The lowest BCUT2D eigenvalue weighted by Gasteiger charge is -2.27. The molecule has 0 saturated carbocycles. The Morgan fingerprint density at radius 1 is 1.18 bits per heavy atom. The van der Waals surface area contributed by atoms with Crippen LogP contribution in [-0.4, -0.2) is 25.2 Å². The van der Waals surface area contributed by atoms with E-state index in [0.29, 0.717) is 19.1 Å². The topological polar surface area (TPSA) is 44.4 Å². The van der Waals surface area contributed by atoms with Crippen molar-refractivity contribution in [3.63, 3.8) is 0 Å². The van der Waals surface area contributed by atoms with Gasteiger partial charge in [0.1, 0.15) is 0 Å². The molecule has 2 amide bonds. The van der Waals surface area contributed by atoms with Gasteiger partial charge in [0.25, 0.3) is 0 Å². The average Bonchev–Trinajstić information content (AvgIpc) is 3.23. The number of hydrogen-bond donors (Lipinski definition) is 2. The highest BCUT2D eigenvalue weighted by atomic mass is 32.1. The highest BCUT2D eigenvalue weighted by molar-refractivity contribution is 7.09. The van der Waals surface area contributed by atoms with Gasteiger partial charge in [0.05, 0.1) is 6.54 Å². The molecule has 0 aliphatic carbocycles. The zero-order chi connectivity index (χ0) is 15.2. The summed E-state index contributed by atoms with van der Waals surface area (Å²) in [6.07, 6.45) is 2.30. The zero-order valence-electron chi connectivity index (χ0n) is 12.5. The van der Waals surface area contributed by atoms with Crippen molar-refractivity contribution in [3.8, 4) is 0 Å². The molecule has 3 rings (SSSR count). The summed E-state index contributed by atoms with van der Waals surface area (Å²) in [5, 5.41) is 7.92. The third-order valence-corrected chi connectivity index (χ3v) is 4.84. The molecule has 1 aliphatic rings. The molecular weight excluding hydrogens is 294 g/mol. The molecule has 5 heteroatoms. The van der Waals surface area contributed by atoms with Gasteiger partial charge in [0, 0.05) is 29.7 Å². The van der Waals surface area contributed by atoms with E-state index in [9.17, 15) is 4.79 Å². The maximum Gasteiger partial charge on any atom is 0.315 e. The van der Waals surface area contributed by atoms with Crippen molar-refractivity contribution in [3.05, 3.63) is 52.7 Å². The minimum absolute atomic E-state index is 0.0895. The standard InChI is InChI=1S/C17H21N3OS/c21-17(19-13-16-9-5-11-22-16)18-12-15-8-4-10-20(15)14-6-2-1-3-7-14/h1-3,5-7,9,11,15H,4,8,10,12-13H2,(H2,18,19,21)/t15-/m0/s1. The molecule has 1 saturated heterocycles. The SMILES string of the molecule is O=C(NCc1cccs1)NC[C@@H]1CCCN1c1ccccc1. The van der Waals surface area contributed by atoms with Crippen LogP contribution in [0.5, 0.6) is 0 Å². The van der Waals surface area contributed by atoms with Gasteiger partial charge in [-0.05, 0) is 36.4 Å². The molecule has 4 nitrogen and oxygen atoms in total. The quantitative estimate of drug-likeness (QED) is 0.890. The minimum atomic E-state index is -0.0895. The second-order valence-electron chi connectivity index (χ2n) is 5.47. The predicted molar refractivity (Wildman–Crippen MR) is 91.4 cm³/mol. The number of urea groups is 1. The molecular formula is C17H21N3OS. The lowest BCUT2D eigenvalue weighted by molar-refractivity contribution is 0.240. The van der Waals surface area contributed by atoms with E-state index < -0.39 is 0 Å². The smallest absolute Gasteiger partial charge is 0.315 e. The average molecular weight is 315 g/mol. The monoisotopic (exact) mass is 315 g/mol. The molecule has 0 spiro atoms. The van der Waals surface area contributed by atoms with Gasteiger partial charge < -0.3 is 15.5 Å². The summed E-state index contributed by atoms with van der Waals surface area (Å²) in [4.78, 5) is 15.5. The molecule has 0 unspecified atom stereocenters. The van der Waals surface area contributed by atoms with Crippen molar-refractivity contribution in [2.75, 3.05) is 18.0 Å². The molecule has 22 heavy (non-hydrogen) atoms. The van der Waals surface area contributed by atoms with Crippen molar-refractivity contribution in [1.82, 2.24) is 10.6 Å². The van der Waals surface area contributed by atoms with Crippen molar-refractivity contribution in [2.45, 2.75) is 25.4 Å². The van der Waals surface area contributed by atoms with E-state index in [4.69, 9.17) is 0 Å². The van der Waals surface area contributed by atoms with E-state index in [0.717, 1.165) is 13.0 Å². The van der Waals surface area contributed by atoms with E-state index in [1.807, 2.05) is 23.6 Å². The molecule has 2 N–H and O–H groups in total. The molecule has 2 aromatic rings. The Morgan fingerprint density at radius 2 is 2.05 bits per heavy atom. The summed E-state index contributed by atoms with van der Waals surface area (Å²) in [5.41, 5.74) is 1.24. The molecule has 1 fully saturated rings. The third kappa shape index (κ3) is 3.80. The second kappa shape index (κ2) is 7.31. The van der Waals surface area contributed by atoms with Crippen LogP contribution in [0.3, 0.4) is 0 Å². The first-order valence-electron chi connectivity index (χ1n) is 7.69. The van der Waals surface area contributed by atoms with Crippen LogP contribution in [0, 0.1) is 0 Å². The van der Waals surface area contributed by atoms with Gasteiger partial charge in [-0.15, -0.1) is 11.3 Å². The molecule has 1 atom stereocenters. The maximum atomic E-state index is 11.9. The molecule has 2 heterocycles. The largest absolute Gasteiger partial charge is 0.367 e. The van der Waals surface area contributed by atoms with Crippen LogP contribution in [0.4, 0.5) is 10.5 Å². The van der Waals surface area contributed by atoms with E-state index in [1.165, 1.54) is 17.0 Å². The first kappa shape index (κ1) is 14.9. The van der Waals surface area contributed by atoms with Crippen molar-refractivity contribution >= 4 is 23.1 Å². The van der Waals surface area contributed by atoms with Gasteiger partial charge in [-0.25, -0.2) is 4.79 Å². The third-order valence-electron chi connectivity index (χ3n) is 3.97. The van der Waals surface area contributed by atoms with Crippen LogP contribution in [-0.2, 0) is 6.54 Å². The summed E-state index contributed by atoms with van der Waals surface area (Å²) in [6, 6.07) is 14.7. The summed E-state index contributed by atoms with van der Waals surface area (Å²) in [7, 11) is 0. The molecule has 0 radical (unpaired) electrons. The molecule has 116 valence electrons. The summed E-state index contributed by atoms with van der Waals surface area (Å²) in [5.74, 6) is 0. The van der Waals surface area contributed by atoms with Crippen LogP contribution >= 0.6 is 11.3 Å². The summed E-state index contributed by atoms with van der Waals surface area (Å²) in [6.45, 7) is 2.34. The second-order valence-corrected chi connectivity index (χ2v) is 6.50. The Morgan fingerprint density at radius 3 is 2.82 bits per heavy atom. The fourth-order valence-electron chi connectivity index (χ4n) is 2.86. The van der Waals surface area contributed by atoms with Gasteiger partial charge in [-0.3, -0.25) is 0 Å². The van der Waals surface area contributed by atoms with E-state index in [-0.39, 0.29) is 6.03 Å². The highest BCUT2D eigenvalue weighted by Gasteiger charge is 2.24. The van der Waals surface area contributed by atoms with E-state index in [2.05, 4.69) is 39.8 Å². The zero-order valence-corrected chi connectivity index (χ0v) is 13.3. The number of para-hydroxylation sites is 1. The van der Waals surface area contributed by atoms with Gasteiger partial charge >= 0.3 is 6.03 Å². The van der Waals surface area contributed by atoms with Crippen LogP contribution in [0.25, 0.3) is 0 Å². The Labute approximate surface area is 135 Å². The lowest BCUT2D eigenvalue weighted by Crippen LogP contribution is -2.43. The van der Waals surface area contributed by atoms with Crippen molar-refractivity contribution in [1.29, 1.82) is 0 Å². The number of hydrogen-bond acceptors (Lipinski definition) is 3. The first-order valence-corrected chi connectivity index (χ1v) is 8.56. The molecule has 1 aromatic heterocycles. The lowest BCUT2D eigenvalue weighted by atomic mass is 10.2. The number of anilines is 1. The number of carbonyl (C=O) groups is 1. The molecule has 1 aromatic carbocycles. The van der Waals surface area contributed by atoms with Gasteiger partial charge in [-0.2, -0.15) is 0 Å². The van der Waals surface area contributed by atoms with Gasteiger partial charge in [0.2, 0.25) is 0 Å². The summed E-state index contributed by atoms with van der Waals surface area (Å²) < 4.78 is 0. The van der Waals surface area contributed by atoms with Crippen LogP contribution in [0.15, 0.2) is 47.8 Å². The number of benzene rings is 1. The molecule has 0 bridgehead atoms. The number of carbonyl (C=O) groups excluding carboxylic acids is 1. The Kier molecular flexibility index (Phi) is 4.96. The van der Waals surface area contributed by atoms with Crippen LogP contribution < -0.4 is 15.5 Å². The fourth-order valence-corrected chi connectivity index (χ4v) is 3.51. The maximum absolute atomic E-state index is 11.9. The van der Waals surface area contributed by atoms with Crippen molar-refractivity contribution < 1.29 is 4.79 Å². The van der Waals surface area contributed by atoms with E-state index >= 15 is 0 Å². The minimum Gasteiger partial charge on any atom is -0.367 e. The number of rotatable bonds is 5. The first-order chi connectivity index (χ1) is 10.8. The number of amides is 2. The Bertz CT molecular complexity index is 585. The number of nitrogens with one attached hydrogen (secondary N) is 2. The Hall–Kier alpha value is -2.01.